The second-order valence-electron chi connectivity index (χ2n) is 8.61. The Bertz CT molecular complexity index is 776. The van der Waals surface area contributed by atoms with Gasteiger partial charge in [0.2, 0.25) is 0 Å². The summed E-state index contributed by atoms with van der Waals surface area (Å²) >= 11 is -1.21. The molecule has 0 radical (unpaired) electrons. The molecule has 4 nitrogen and oxygen atoms in total. The molecule has 1 aliphatic rings. The van der Waals surface area contributed by atoms with Crippen LogP contribution in [-0.4, -0.2) is 32.4 Å². The second-order valence-corrected chi connectivity index (χ2v) is 10.8. The molecule has 0 saturated carbocycles. The van der Waals surface area contributed by atoms with Gasteiger partial charge >= 0.3 is 0 Å². The van der Waals surface area contributed by atoms with Gasteiger partial charge in [-0.05, 0) is 50.8 Å². The Morgan fingerprint density at radius 2 is 1.70 bits per heavy atom. The van der Waals surface area contributed by atoms with Gasteiger partial charge in [0.1, 0.15) is 16.9 Å². The molecule has 162 valence electrons. The van der Waals surface area contributed by atoms with Crippen molar-refractivity contribution in [3.63, 3.8) is 0 Å². The molecule has 0 spiro atoms. The molecule has 0 aromatic heterocycles. The van der Waals surface area contributed by atoms with Crippen LogP contribution < -0.4 is 0 Å². The van der Waals surface area contributed by atoms with Gasteiger partial charge in [0.25, 0.3) is 0 Å². The summed E-state index contributed by atoms with van der Waals surface area (Å²) in [6.45, 7) is 7.64. The normalized spacial score (nSPS) is 18.8. The van der Waals surface area contributed by atoms with Crippen molar-refractivity contribution in [2.24, 2.45) is 0 Å². The molecule has 2 aromatic rings. The highest BCUT2D eigenvalue weighted by molar-refractivity contribution is 7.90. The summed E-state index contributed by atoms with van der Waals surface area (Å²) in [6, 6.07) is 20.2. The molecule has 0 aliphatic carbocycles. The van der Waals surface area contributed by atoms with Crippen molar-refractivity contribution in [3.8, 4) is 0 Å². The minimum absolute atomic E-state index is 0.0548. The monoisotopic (exact) mass is 427 g/mol. The van der Waals surface area contributed by atoms with Gasteiger partial charge < -0.3 is 14.0 Å². The fourth-order valence-corrected chi connectivity index (χ4v) is 4.91. The number of rotatable bonds is 9. The lowest BCUT2D eigenvalue weighted by atomic mass is 10.0. The van der Waals surface area contributed by atoms with E-state index in [4.69, 9.17) is 9.47 Å². The number of benzene rings is 2. The van der Waals surface area contributed by atoms with Gasteiger partial charge in [0, 0.05) is 11.4 Å². The van der Waals surface area contributed by atoms with Crippen LogP contribution in [0.2, 0.25) is 0 Å². The third-order valence-electron chi connectivity index (χ3n) is 5.08. The highest BCUT2D eigenvalue weighted by Gasteiger charge is 2.42. The highest BCUT2D eigenvalue weighted by atomic mass is 32.2. The largest absolute Gasteiger partial charge is 0.597 e. The van der Waals surface area contributed by atoms with Crippen molar-refractivity contribution >= 4 is 11.4 Å². The zero-order valence-corrected chi connectivity index (χ0v) is 19.0. The third-order valence-corrected chi connectivity index (χ3v) is 6.96. The fourth-order valence-electron chi connectivity index (χ4n) is 3.50. The van der Waals surface area contributed by atoms with Crippen LogP contribution >= 0.6 is 0 Å². The van der Waals surface area contributed by atoms with Crippen molar-refractivity contribution in [2.75, 3.05) is 6.61 Å². The molecule has 1 heterocycles. The van der Waals surface area contributed by atoms with E-state index in [9.17, 15) is 4.55 Å². The lowest BCUT2D eigenvalue weighted by Gasteiger charge is -2.40. The molecular formula is C25H33NO3S. The van der Waals surface area contributed by atoms with E-state index >= 15 is 0 Å². The first kappa shape index (κ1) is 22.9. The number of allylic oxidation sites excluding steroid dienone is 1. The summed E-state index contributed by atoms with van der Waals surface area (Å²) in [5.41, 5.74) is 2.27. The van der Waals surface area contributed by atoms with Crippen molar-refractivity contribution in [3.05, 3.63) is 84.1 Å². The molecule has 5 heteroatoms. The van der Waals surface area contributed by atoms with Gasteiger partial charge in [-0.25, -0.2) is 0 Å². The fraction of sp³-hybridized carbons (Fsp3) is 0.440. The zero-order chi connectivity index (χ0) is 21.4. The van der Waals surface area contributed by atoms with Crippen LogP contribution in [0.4, 0.5) is 0 Å². The molecular weight excluding hydrogens is 394 g/mol. The Balaban J connectivity index is 1.81. The average molecular weight is 428 g/mol. The predicted octanol–water partition coefficient (Wildman–Crippen LogP) is 5.23. The number of hydrogen-bond acceptors (Lipinski definition) is 4. The van der Waals surface area contributed by atoms with Crippen LogP contribution in [0.3, 0.4) is 0 Å². The Labute approximate surface area is 184 Å². The molecule has 3 rings (SSSR count). The van der Waals surface area contributed by atoms with Crippen LogP contribution in [0.15, 0.2) is 73.0 Å². The maximum Gasteiger partial charge on any atom is 0.137 e. The van der Waals surface area contributed by atoms with Crippen LogP contribution in [-0.2, 0) is 34.0 Å². The quantitative estimate of drug-likeness (QED) is 0.514. The van der Waals surface area contributed by atoms with Crippen molar-refractivity contribution in [1.82, 2.24) is 4.31 Å². The van der Waals surface area contributed by atoms with Crippen LogP contribution in [0.5, 0.6) is 0 Å². The molecule has 0 bridgehead atoms. The van der Waals surface area contributed by atoms with E-state index in [0.717, 1.165) is 24.0 Å². The molecule has 30 heavy (non-hydrogen) atoms. The minimum Gasteiger partial charge on any atom is -0.597 e. The first-order valence-corrected chi connectivity index (χ1v) is 11.7. The molecule has 0 saturated heterocycles. The van der Waals surface area contributed by atoms with Gasteiger partial charge in [-0.3, -0.25) is 0 Å². The van der Waals surface area contributed by atoms with E-state index in [-0.39, 0.29) is 16.9 Å². The topological polar surface area (TPSA) is 44.8 Å². The summed E-state index contributed by atoms with van der Waals surface area (Å²) in [4.78, 5) is 0. The maximum atomic E-state index is 13.6. The van der Waals surface area contributed by atoms with E-state index < -0.39 is 11.4 Å². The van der Waals surface area contributed by atoms with E-state index in [2.05, 4.69) is 28.6 Å². The van der Waals surface area contributed by atoms with Crippen LogP contribution in [0.25, 0.3) is 0 Å². The van der Waals surface area contributed by atoms with E-state index in [0.29, 0.717) is 19.8 Å². The van der Waals surface area contributed by atoms with Crippen molar-refractivity contribution in [1.29, 1.82) is 0 Å². The molecule has 1 unspecified atom stereocenters. The number of nitrogens with zero attached hydrogens (tertiary/aromatic N) is 1. The first-order valence-electron chi connectivity index (χ1n) is 10.6. The van der Waals surface area contributed by atoms with Gasteiger partial charge in [0.15, 0.2) is 0 Å². The predicted molar refractivity (Wildman–Crippen MR) is 123 cm³/mol. The molecule has 0 fully saturated rings. The number of ether oxygens (including phenoxy) is 2. The average Bonchev–Trinajstić information content (AvgIpc) is 2.76. The number of hydrogen-bond donors (Lipinski definition) is 0. The van der Waals surface area contributed by atoms with E-state index in [1.54, 1.807) is 6.26 Å². The lowest BCUT2D eigenvalue weighted by Crippen LogP contribution is -2.54. The molecule has 2 aromatic carbocycles. The first-order chi connectivity index (χ1) is 14.4. The summed E-state index contributed by atoms with van der Waals surface area (Å²) in [5, 5.41) is 0. The smallest absolute Gasteiger partial charge is 0.137 e. The molecule has 0 amide bonds. The van der Waals surface area contributed by atoms with Gasteiger partial charge in [-0.15, -0.1) is 4.31 Å². The van der Waals surface area contributed by atoms with Crippen molar-refractivity contribution < 1.29 is 14.0 Å². The Morgan fingerprint density at radius 1 is 1.07 bits per heavy atom. The minimum atomic E-state index is -1.21. The molecule has 1 aliphatic heterocycles. The zero-order valence-electron chi connectivity index (χ0n) is 18.2. The second kappa shape index (κ2) is 11.0. The highest BCUT2D eigenvalue weighted by Crippen LogP contribution is 2.29. The summed E-state index contributed by atoms with van der Waals surface area (Å²) in [7, 11) is 0. The Hall–Kier alpha value is -1.79. The Kier molecular flexibility index (Phi) is 8.40. The standard InChI is InChI=1S/C25H33NO3S/c1-25(2,3)30(27)26(18-21-12-6-4-7-13-21)23(24-16-10-11-17-29-24)20-28-19-22-14-8-5-9-15-22/h4-9,11-15,17,23-24H,10,16,18-20H2,1-3H3/t23-,24+,30?/m1/s1. The third kappa shape index (κ3) is 6.61. The SMILES string of the molecule is CC(C)(C)[S+]([O-])N(Cc1ccccc1)[C@H](COCc1ccccc1)[C@@H]1CCC=CO1. The van der Waals surface area contributed by atoms with Crippen molar-refractivity contribution in [2.45, 2.75) is 63.7 Å². The molecule has 0 N–H and O–H groups in total. The van der Waals surface area contributed by atoms with Crippen LogP contribution in [0.1, 0.15) is 44.7 Å². The summed E-state index contributed by atoms with van der Waals surface area (Å²) < 4.78 is 27.4. The summed E-state index contributed by atoms with van der Waals surface area (Å²) in [6.07, 6.45) is 5.62. The maximum absolute atomic E-state index is 13.6. The lowest BCUT2D eigenvalue weighted by molar-refractivity contribution is -0.00431. The van der Waals surface area contributed by atoms with Gasteiger partial charge in [-0.1, -0.05) is 60.7 Å². The van der Waals surface area contributed by atoms with Crippen LogP contribution in [0, 0.1) is 0 Å². The van der Waals surface area contributed by atoms with E-state index in [1.807, 2.05) is 63.2 Å². The van der Waals surface area contributed by atoms with Gasteiger partial charge in [0.05, 0.1) is 26.0 Å². The van der Waals surface area contributed by atoms with E-state index in [1.165, 1.54) is 0 Å². The van der Waals surface area contributed by atoms with Gasteiger partial charge in [-0.2, -0.15) is 0 Å². The Morgan fingerprint density at radius 3 is 2.27 bits per heavy atom. The molecule has 3 atom stereocenters. The summed E-state index contributed by atoms with van der Waals surface area (Å²) in [5.74, 6) is 0.